The summed E-state index contributed by atoms with van der Waals surface area (Å²) in [6.07, 6.45) is -5.85. The van der Waals surface area contributed by atoms with Gasteiger partial charge >= 0.3 is 6.18 Å². The van der Waals surface area contributed by atoms with Gasteiger partial charge in [0.2, 0.25) is 0 Å². The minimum absolute atomic E-state index is 0.245. The van der Waals surface area contributed by atoms with Crippen molar-refractivity contribution in [2.75, 3.05) is 11.9 Å². The highest BCUT2D eigenvalue weighted by atomic mass is 32.1. The quantitative estimate of drug-likeness (QED) is 0.894. The molecule has 0 bridgehead atoms. The van der Waals surface area contributed by atoms with Crippen molar-refractivity contribution in [3.63, 3.8) is 0 Å². The summed E-state index contributed by atoms with van der Waals surface area (Å²) < 4.78 is 40.5. The molecule has 1 unspecified atom stereocenters. The summed E-state index contributed by atoms with van der Waals surface area (Å²) in [6, 6.07) is 0. The molecule has 2 heterocycles. The highest BCUT2D eigenvalue weighted by Gasteiger charge is 2.38. The van der Waals surface area contributed by atoms with Crippen LogP contribution < -0.4 is 5.32 Å². The molecule has 2 aromatic heterocycles. The number of fused-ring (bicyclic) bond motifs is 1. The first kappa shape index (κ1) is 13.0. The van der Waals surface area contributed by atoms with Crippen molar-refractivity contribution in [3.05, 3.63) is 12.0 Å². The molecular formula is C9H9F3N4OS. The van der Waals surface area contributed by atoms with Crippen LogP contribution in [-0.4, -0.2) is 38.3 Å². The molecule has 0 aliphatic carbocycles. The van der Waals surface area contributed by atoms with E-state index < -0.39 is 18.8 Å². The molecule has 0 aromatic carbocycles. The standard InChI is InChI=1S/C9H9F3N4OS/c1-4-6-7(13-2-5(17)9(10,11)12)14-3-15-8(6)18-16-4/h3,5,17H,2H2,1H3,(H,13,14,15). The van der Waals surface area contributed by atoms with Crippen LogP contribution in [0.4, 0.5) is 19.0 Å². The maximum atomic E-state index is 12.2. The van der Waals surface area contributed by atoms with E-state index in [9.17, 15) is 13.2 Å². The Morgan fingerprint density at radius 3 is 2.83 bits per heavy atom. The first-order valence-corrected chi connectivity index (χ1v) is 5.72. The van der Waals surface area contributed by atoms with E-state index in [-0.39, 0.29) is 5.82 Å². The number of hydrogen-bond donors (Lipinski definition) is 2. The lowest BCUT2D eigenvalue weighted by Gasteiger charge is -2.15. The van der Waals surface area contributed by atoms with E-state index in [1.54, 1.807) is 6.92 Å². The summed E-state index contributed by atoms with van der Waals surface area (Å²) in [4.78, 5) is 8.41. The fraction of sp³-hybridized carbons (Fsp3) is 0.444. The summed E-state index contributed by atoms with van der Waals surface area (Å²) in [5.74, 6) is 0.245. The third-order valence-corrected chi connectivity index (χ3v) is 3.13. The lowest BCUT2D eigenvalue weighted by atomic mass is 10.3. The molecule has 0 spiro atoms. The Kier molecular flexibility index (Phi) is 3.35. The Balaban J connectivity index is 2.20. The predicted octanol–water partition coefficient (Wildman–Crippen LogP) is 1.73. The van der Waals surface area contributed by atoms with E-state index >= 15 is 0 Å². The van der Waals surface area contributed by atoms with E-state index in [0.717, 1.165) is 11.5 Å². The normalized spacial score (nSPS) is 13.8. The second-order valence-electron chi connectivity index (χ2n) is 3.61. The molecule has 2 rings (SSSR count). The van der Waals surface area contributed by atoms with Crippen LogP contribution in [0.1, 0.15) is 5.69 Å². The van der Waals surface area contributed by atoms with Gasteiger partial charge in [-0.3, -0.25) is 0 Å². The summed E-state index contributed by atoms with van der Waals surface area (Å²) in [5, 5.41) is 11.9. The zero-order valence-electron chi connectivity index (χ0n) is 9.19. The number of aliphatic hydroxyl groups is 1. The van der Waals surface area contributed by atoms with Gasteiger partial charge in [0.1, 0.15) is 17.0 Å². The van der Waals surface area contributed by atoms with Gasteiger partial charge in [0, 0.05) is 0 Å². The molecule has 98 valence electrons. The van der Waals surface area contributed by atoms with Crippen molar-refractivity contribution in [2.45, 2.75) is 19.2 Å². The van der Waals surface area contributed by atoms with E-state index in [2.05, 4.69) is 19.7 Å². The molecule has 1 atom stereocenters. The summed E-state index contributed by atoms with van der Waals surface area (Å²) in [6.45, 7) is 1.05. The number of nitrogens with one attached hydrogen (secondary N) is 1. The lowest BCUT2D eigenvalue weighted by Crippen LogP contribution is -2.35. The van der Waals surface area contributed by atoms with Crippen molar-refractivity contribution < 1.29 is 18.3 Å². The van der Waals surface area contributed by atoms with Crippen LogP contribution in [-0.2, 0) is 0 Å². The lowest BCUT2D eigenvalue weighted by molar-refractivity contribution is -0.198. The molecule has 0 saturated carbocycles. The molecule has 0 aliphatic rings. The van der Waals surface area contributed by atoms with Gasteiger partial charge in [-0.15, -0.1) is 0 Å². The Labute approximate surface area is 104 Å². The van der Waals surface area contributed by atoms with Crippen LogP contribution in [0.5, 0.6) is 0 Å². The number of rotatable bonds is 3. The monoisotopic (exact) mass is 278 g/mol. The second kappa shape index (κ2) is 4.65. The van der Waals surface area contributed by atoms with Crippen molar-refractivity contribution in [1.82, 2.24) is 14.3 Å². The zero-order chi connectivity index (χ0) is 13.3. The predicted molar refractivity (Wildman–Crippen MR) is 60.5 cm³/mol. The van der Waals surface area contributed by atoms with Gasteiger partial charge in [-0.25, -0.2) is 9.97 Å². The van der Waals surface area contributed by atoms with Crippen LogP contribution >= 0.6 is 11.5 Å². The zero-order valence-corrected chi connectivity index (χ0v) is 10.0. The first-order valence-electron chi connectivity index (χ1n) is 4.95. The molecule has 5 nitrogen and oxygen atoms in total. The van der Waals surface area contributed by atoms with E-state index in [1.165, 1.54) is 6.33 Å². The molecule has 0 amide bonds. The van der Waals surface area contributed by atoms with Gasteiger partial charge in [-0.2, -0.15) is 17.5 Å². The maximum Gasteiger partial charge on any atom is 0.416 e. The highest BCUT2D eigenvalue weighted by Crippen LogP contribution is 2.26. The second-order valence-corrected chi connectivity index (χ2v) is 4.36. The topological polar surface area (TPSA) is 70.9 Å². The van der Waals surface area contributed by atoms with Crippen molar-refractivity contribution >= 4 is 27.6 Å². The van der Waals surface area contributed by atoms with Gasteiger partial charge in [-0.1, -0.05) is 0 Å². The minimum Gasteiger partial charge on any atom is -0.382 e. The summed E-state index contributed by atoms with van der Waals surface area (Å²) in [5.41, 5.74) is 0.639. The molecule has 18 heavy (non-hydrogen) atoms. The van der Waals surface area contributed by atoms with Crippen LogP contribution in [0.3, 0.4) is 0 Å². The molecule has 2 N–H and O–H groups in total. The summed E-state index contributed by atoms with van der Waals surface area (Å²) >= 11 is 1.14. The van der Waals surface area contributed by atoms with Crippen molar-refractivity contribution in [1.29, 1.82) is 0 Å². The van der Waals surface area contributed by atoms with Gasteiger partial charge in [0.05, 0.1) is 17.6 Å². The Morgan fingerprint density at radius 2 is 2.17 bits per heavy atom. The molecule has 0 aliphatic heterocycles. The van der Waals surface area contributed by atoms with Crippen LogP contribution in [0.25, 0.3) is 10.2 Å². The fourth-order valence-corrected chi connectivity index (χ4v) is 2.11. The molecular weight excluding hydrogens is 269 g/mol. The molecule has 9 heteroatoms. The van der Waals surface area contributed by atoms with Gasteiger partial charge in [0.25, 0.3) is 0 Å². The van der Waals surface area contributed by atoms with Gasteiger partial charge in [-0.05, 0) is 18.5 Å². The van der Waals surface area contributed by atoms with Crippen molar-refractivity contribution in [2.24, 2.45) is 0 Å². The molecule has 2 aromatic rings. The number of hydrogen-bond acceptors (Lipinski definition) is 6. The van der Waals surface area contributed by atoms with Gasteiger partial charge in [0.15, 0.2) is 6.10 Å². The van der Waals surface area contributed by atoms with Crippen LogP contribution in [0.2, 0.25) is 0 Å². The van der Waals surface area contributed by atoms with E-state index in [4.69, 9.17) is 5.11 Å². The summed E-state index contributed by atoms with van der Waals surface area (Å²) in [7, 11) is 0. The Hall–Kier alpha value is -1.48. The third kappa shape index (κ3) is 2.51. The molecule has 0 radical (unpaired) electrons. The highest BCUT2D eigenvalue weighted by molar-refractivity contribution is 7.13. The average molecular weight is 278 g/mol. The first-order chi connectivity index (χ1) is 8.39. The third-order valence-electron chi connectivity index (χ3n) is 2.28. The molecule has 0 saturated heterocycles. The SMILES string of the molecule is Cc1nsc2ncnc(NCC(O)C(F)(F)F)c12. The Morgan fingerprint density at radius 1 is 1.44 bits per heavy atom. The van der Waals surface area contributed by atoms with E-state index in [0.29, 0.717) is 15.9 Å². The van der Waals surface area contributed by atoms with Gasteiger partial charge < -0.3 is 10.4 Å². The smallest absolute Gasteiger partial charge is 0.382 e. The average Bonchev–Trinajstić information content (AvgIpc) is 2.67. The maximum absolute atomic E-state index is 12.2. The largest absolute Gasteiger partial charge is 0.416 e. The van der Waals surface area contributed by atoms with Crippen LogP contribution in [0, 0.1) is 6.92 Å². The number of anilines is 1. The fourth-order valence-electron chi connectivity index (χ4n) is 1.37. The minimum atomic E-state index is -4.65. The van der Waals surface area contributed by atoms with Crippen LogP contribution in [0.15, 0.2) is 6.33 Å². The number of alkyl halides is 3. The number of halogens is 3. The van der Waals surface area contributed by atoms with E-state index in [1.807, 2.05) is 0 Å². The number of aliphatic hydroxyl groups excluding tert-OH is 1. The number of aromatic nitrogens is 3. The number of nitrogens with zero attached hydrogens (tertiary/aromatic N) is 3. The van der Waals surface area contributed by atoms with Crippen molar-refractivity contribution in [3.8, 4) is 0 Å². The number of aryl methyl sites for hydroxylation is 1. The Bertz CT molecular complexity index is 556. The molecule has 0 fully saturated rings.